The molecule has 228 valence electrons. The van der Waals surface area contributed by atoms with Gasteiger partial charge in [-0.25, -0.2) is 4.79 Å². The monoisotopic (exact) mass is 625 g/mol. The maximum Gasteiger partial charge on any atom is 0.410 e. The van der Waals surface area contributed by atoms with Crippen LogP contribution in [0.3, 0.4) is 0 Å². The Morgan fingerprint density at radius 2 is 1.93 bits per heavy atom. The molecule has 43 heavy (non-hydrogen) atoms. The second-order valence-electron chi connectivity index (χ2n) is 12.3. The summed E-state index contributed by atoms with van der Waals surface area (Å²) < 4.78 is 7.35. The van der Waals surface area contributed by atoms with Gasteiger partial charge in [-0.15, -0.1) is 0 Å². The highest BCUT2D eigenvalue weighted by molar-refractivity contribution is 8.18. The van der Waals surface area contributed by atoms with Gasteiger partial charge in [-0.05, 0) is 87.3 Å². The van der Waals surface area contributed by atoms with Crippen LogP contribution in [0.2, 0.25) is 5.02 Å². The Hall–Kier alpha value is -3.38. The number of aliphatic hydroxyl groups is 2. The smallest absolute Gasteiger partial charge is 0.410 e. The molecule has 0 aliphatic carbocycles. The number of carbonyl (C=O) groups excluding carboxylic acids is 2. The molecule has 0 radical (unpaired) electrons. The molecule has 12 heteroatoms. The normalized spacial score (nSPS) is 19.0. The van der Waals surface area contributed by atoms with E-state index >= 15 is 0 Å². The van der Waals surface area contributed by atoms with Gasteiger partial charge < -0.3 is 19.8 Å². The Morgan fingerprint density at radius 1 is 1.16 bits per heavy atom. The number of carbonyl (C=O) groups is 2. The van der Waals surface area contributed by atoms with E-state index in [9.17, 15) is 19.8 Å². The van der Waals surface area contributed by atoms with Gasteiger partial charge in [0.25, 0.3) is 5.91 Å². The molecule has 3 aromatic rings. The first-order valence-electron chi connectivity index (χ1n) is 14.1. The lowest BCUT2D eigenvalue weighted by atomic mass is 9.97. The molecule has 3 heterocycles. The highest BCUT2D eigenvalue weighted by atomic mass is 35.5. The Labute approximate surface area is 260 Å². The fourth-order valence-electron chi connectivity index (χ4n) is 4.97. The van der Waals surface area contributed by atoms with E-state index in [2.05, 4.69) is 10.1 Å². The summed E-state index contributed by atoms with van der Waals surface area (Å²) in [5.74, 6) is -0.324. The fraction of sp³-hybridized carbons (Fsp3) is 0.419. The van der Waals surface area contributed by atoms with Crippen molar-refractivity contribution >= 4 is 57.5 Å². The standard InChI is InChI=1S/C31H36ClN5O5S/c1-30(2,3)42-29(40)36-11-10-35(17-23(36)18-38)28-34-27(39)26(43-28)13-19-6-9-25-21(12-19)15-33-37(25)16-20-7-8-22(14-24(20)32)31(4,5)41/h6-9,12-15,23,38,41H,10-11,16-18H2,1-5H3/t23-/m1/s1. The molecule has 1 aromatic heterocycles. The van der Waals surface area contributed by atoms with Crippen LogP contribution in [0.1, 0.15) is 51.3 Å². The molecule has 1 fully saturated rings. The van der Waals surface area contributed by atoms with Crippen LogP contribution in [0.5, 0.6) is 0 Å². The number of thioether (sulfide) groups is 1. The predicted molar refractivity (Wildman–Crippen MR) is 169 cm³/mol. The van der Waals surface area contributed by atoms with Gasteiger partial charge >= 0.3 is 6.09 Å². The fourth-order valence-corrected chi connectivity index (χ4v) is 6.16. The summed E-state index contributed by atoms with van der Waals surface area (Å²) in [4.78, 5) is 33.7. The molecule has 0 saturated carbocycles. The van der Waals surface area contributed by atoms with Gasteiger partial charge in [0.2, 0.25) is 0 Å². The molecule has 5 rings (SSSR count). The summed E-state index contributed by atoms with van der Waals surface area (Å²) in [6, 6.07) is 10.9. The van der Waals surface area contributed by atoms with Crippen molar-refractivity contribution in [3.05, 3.63) is 69.2 Å². The van der Waals surface area contributed by atoms with Crippen LogP contribution in [0.15, 0.2) is 52.5 Å². The van der Waals surface area contributed by atoms with Crippen LogP contribution >= 0.6 is 23.4 Å². The number of hydrogen-bond acceptors (Lipinski definition) is 8. The van der Waals surface area contributed by atoms with Crippen molar-refractivity contribution in [2.45, 2.75) is 58.4 Å². The SMILES string of the molecule is CC(C)(C)OC(=O)N1CCN(C2=NC(=O)C(=Cc3ccc4c(cnn4Cc4ccc(C(C)(C)O)cc4Cl)c3)S2)C[C@@H]1CO. The largest absolute Gasteiger partial charge is 0.444 e. The maximum atomic E-state index is 12.8. The Balaban J connectivity index is 1.26. The summed E-state index contributed by atoms with van der Waals surface area (Å²) >= 11 is 7.81. The van der Waals surface area contributed by atoms with Gasteiger partial charge in [-0.3, -0.25) is 14.4 Å². The number of hydrogen-bond donors (Lipinski definition) is 2. The quantitative estimate of drug-likeness (QED) is 0.386. The molecule has 2 aliphatic rings. The molecule has 0 bridgehead atoms. The lowest BCUT2D eigenvalue weighted by Gasteiger charge is -2.41. The highest BCUT2D eigenvalue weighted by Crippen LogP contribution is 2.32. The van der Waals surface area contributed by atoms with E-state index in [1.54, 1.807) is 46.9 Å². The number of fused-ring (bicyclic) bond motifs is 1. The number of amides is 2. The van der Waals surface area contributed by atoms with E-state index in [4.69, 9.17) is 16.3 Å². The van der Waals surface area contributed by atoms with Gasteiger partial charge in [-0.2, -0.15) is 10.1 Å². The van der Waals surface area contributed by atoms with Crippen molar-refractivity contribution in [3.8, 4) is 0 Å². The summed E-state index contributed by atoms with van der Waals surface area (Å²) in [5, 5.41) is 26.8. The van der Waals surface area contributed by atoms with Crippen LogP contribution in [0.25, 0.3) is 17.0 Å². The van der Waals surface area contributed by atoms with Crippen molar-refractivity contribution in [1.29, 1.82) is 0 Å². The average Bonchev–Trinajstić information content (AvgIpc) is 3.50. The van der Waals surface area contributed by atoms with Gasteiger partial charge in [0.1, 0.15) is 5.60 Å². The van der Waals surface area contributed by atoms with Crippen LogP contribution in [0, 0.1) is 0 Å². The van der Waals surface area contributed by atoms with E-state index in [0.717, 1.165) is 27.6 Å². The summed E-state index contributed by atoms with van der Waals surface area (Å²) in [6.07, 6.45) is 3.13. The number of halogens is 1. The number of aliphatic hydroxyl groups excluding tert-OH is 1. The number of aliphatic imine (C=N–C) groups is 1. The lowest BCUT2D eigenvalue weighted by Crippen LogP contribution is -2.58. The number of nitrogens with zero attached hydrogens (tertiary/aromatic N) is 5. The summed E-state index contributed by atoms with van der Waals surface area (Å²) in [7, 11) is 0. The Bertz CT molecular complexity index is 1620. The van der Waals surface area contributed by atoms with E-state index in [1.807, 2.05) is 46.0 Å². The number of rotatable bonds is 5. The van der Waals surface area contributed by atoms with Gasteiger partial charge in [0, 0.05) is 30.0 Å². The van der Waals surface area contributed by atoms with Crippen molar-refractivity contribution in [2.24, 2.45) is 4.99 Å². The molecule has 1 atom stereocenters. The molecule has 2 aliphatic heterocycles. The summed E-state index contributed by atoms with van der Waals surface area (Å²) in [6.45, 7) is 10.3. The maximum absolute atomic E-state index is 12.8. The van der Waals surface area contributed by atoms with Crippen molar-refractivity contribution in [3.63, 3.8) is 0 Å². The number of ether oxygens (including phenoxy) is 1. The molecule has 2 amide bonds. The summed E-state index contributed by atoms with van der Waals surface area (Å²) in [5.41, 5.74) is 1.78. The minimum atomic E-state index is -0.977. The van der Waals surface area contributed by atoms with Gasteiger partial charge in [0.05, 0.1) is 41.4 Å². The second kappa shape index (κ2) is 12.0. The predicted octanol–water partition coefficient (Wildman–Crippen LogP) is 4.85. The van der Waals surface area contributed by atoms with Gasteiger partial charge in [-0.1, -0.05) is 29.8 Å². The second-order valence-corrected chi connectivity index (χ2v) is 13.7. The first-order chi connectivity index (χ1) is 20.2. The Kier molecular flexibility index (Phi) is 8.63. The Morgan fingerprint density at radius 3 is 2.60 bits per heavy atom. The molecule has 0 spiro atoms. The minimum Gasteiger partial charge on any atom is -0.444 e. The first kappa shape index (κ1) is 31.1. The molecule has 10 nitrogen and oxygen atoms in total. The van der Waals surface area contributed by atoms with Crippen molar-refractivity contribution < 1.29 is 24.5 Å². The van der Waals surface area contributed by atoms with Gasteiger partial charge in [0.15, 0.2) is 5.17 Å². The number of benzene rings is 2. The number of piperazine rings is 1. The average molecular weight is 626 g/mol. The number of aromatic nitrogens is 2. The molecule has 1 saturated heterocycles. The zero-order chi connectivity index (χ0) is 31.1. The molecular weight excluding hydrogens is 590 g/mol. The number of amidine groups is 1. The van der Waals surface area contributed by atoms with E-state index < -0.39 is 23.3 Å². The third-order valence-electron chi connectivity index (χ3n) is 7.24. The highest BCUT2D eigenvalue weighted by Gasteiger charge is 2.36. The van der Waals surface area contributed by atoms with Crippen LogP contribution in [0.4, 0.5) is 4.79 Å². The zero-order valence-corrected chi connectivity index (χ0v) is 26.4. The topological polar surface area (TPSA) is 120 Å². The van der Waals surface area contributed by atoms with E-state index in [1.165, 1.54) is 16.7 Å². The van der Waals surface area contributed by atoms with Crippen LogP contribution in [-0.2, 0) is 21.7 Å². The molecular formula is C31H36ClN5O5S. The zero-order valence-electron chi connectivity index (χ0n) is 24.9. The van der Waals surface area contributed by atoms with Crippen LogP contribution < -0.4 is 0 Å². The third kappa shape index (κ3) is 7.06. The molecule has 0 unspecified atom stereocenters. The van der Waals surface area contributed by atoms with Crippen molar-refractivity contribution in [1.82, 2.24) is 19.6 Å². The minimum absolute atomic E-state index is 0.226. The lowest BCUT2D eigenvalue weighted by molar-refractivity contribution is -0.113. The first-order valence-corrected chi connectivity index (χ1v) is 15.3. The molecule has 2 aromatic carbocycles. The van der Waals surface area contributed by atoms with E-state index in [-0.39, 0.29) is 12.5 Å². The molecule has 2 N–H and O–H groups in total. The third-order valence-corrected chi connectivity index (χ3v) is 8.64. The van der Waals surface area contributed by atoms with E-state index in [0.29, 0.717) is 41.3 Å². The van der Waals surface area contributed by atoms with Crippen molar-refractivity contribution in [2.75, 3.05) is 26.2 Å². The van der Waals surface area contributed by atoms with Crippen LogP contribution in [-0.4, -0.2) is 84.8 Å².